The third kappa shape index (κ3) is 2.09. The number of benzene rings is 2. The van der Waals surface area contributed by atoms with E-state index in [2.05, 4.69) is 4.98 Å². The number of rotatable bonds is 1. The third-order valence-corrected chi connectivity index (χ3v) is 3.40. The van der Waals surface area contributed by atoms with Crippen molar-refractivity contribution in [3.8, 4) is 0 Å². The van der Waals surface area contributed by atoms with Gasteiger partial charge in [-0.2, -0.15) is 0 Å². The Labute approximate surface area is 122 Å². The average Bonchev–Trinajstić information content (AvgIpc) is 2.73. The second kappa shape index (κ2) is 4.75. The molecule has 0 saturated carbocycles. The Morgan fingerprint density at radius 1 is 1.29 bits per heavy atom. The number of nitrogens with one attached hydrogen (secondary N) is 1. The predicted molar refractivity (Wildman–Crippen MR) is 78.1 cm³/mol. The van der Waals surface area contributed by atoms with Crippen molar-refractivity contribution in [3.05, 3.63) is 63.3 Å². The number of imidazole rings is 1. The zero-order valence-corrected chi connectivity index (χ0v) is 11.3. The molecule has 2 aromatic carbocycles. The van der Waals surface area contributed by atoms with Crippen LogP contribution in [0.3, 0.4) is 0 Å². The first-order valence-corrected chi connectivity index (χ1v) is 6.36. The van der Waals surface area contributed by atoms with Gasteiger partial charge < -0.3 is 10.7 Å². The van der Waals surface area contributed by atoms with E-state index in [-0.39, 0.29) is 16.1 Å². The second-order valence-corrected chi connectivity index (χ2v) is 4.85. The van der Waals surface area contributed by atoms with Crippen molar-refractivity contribution < 1.29 is 9.18 Å². The fraction of sp³-hybridized carbons (Fsp3) is 0. The highest BCUT2D eigenvalue weighted by atomic mass is 35.5. The van der Waals surface area contributed by atoms with Crippen LogP contribution < -0.4 is 11.4 Å². The van der Waals surface area contributed by atoms with Gasteiger partial charge in [-0.05, 0) is 30.3 Å². The first-order chi connectivity index (χ1) is 9.99. The Bertz CT molecular complexity index is 909. The van der Waals surface area contributed by atoms with Gasteiger partial charge in [0.1, 0.15) is 5.82 Å². The lowest BCUT2D eigenvalue weighted by molar-refractivity contribution is 0.0957. The van der Waals surface area contributed by atoms with E-state index in [0.29, 0.717) is 11.2 Å². The Hall–Kier alpha value is -2.60. The van der Waals surface area contributed by atoms with Crippen LogP contribution in [0.15, 0.2) is 41.2 Å². The van der Waals surface area contributed by atoms with Gasteiger partial charge >= 0.3 is 5.69 Å². The number of hydrogen-bond donors (Lipinski definition) is 2. The molecule has 3 N–H and O–H groups in total. The summed E-state index contributed by atoms with van der Waals surface area (Å²) in [5, 5.41) is -0.0647. The summed E-state index contributed by atoms with van der Waals surface area (Å²) in [5.74, 6) is -1.64. The average molecular weight is 306 g/mol. The van der Waals surface area contributed by atoms with Crippen LogP contribution in [0.25, 0.3) is 11.0 Å². The molecule has 1 heterocycles. The fourth-order valence-electron chi connectivity index (χ4n) is 2.14. The van der Waals surface area contributed by atoms with Crippen molar-refractivity contribution in [2.75, 3.05) is 5.73 Å². The first kappa shape index (κ1) is 13.4. The summed E-state index contributed by atoms with van der Waals surface area (Å²) in [7, 11) is 0. The third-order valence-electron chi connectivity index (χ3n) is 3.09. The van der Waals surface area contributed by atoms with Crippen molar-refractivity contribution >= 4 is 34.2 Å². The van der Waals surface area contributed by atoms with Gasteiger partial charge in [0.2, 0.25) is 0 Å². The lowest BCUT2D eigenvalue weighted by Gasteiger charge is -2.06. The summed E-state index contributed by atoms with van der Waals surface area (Å²) in [4.78, 5) is 26.9. The van der Waals surface area contributed by atoms with Gasteiger partial charge in [-0.3, -0.25) is 4.79 Å². The molecule has 0 fully saturated rings. The SMILES string of the molecule is Nc1ccc2[nH]c(=O)n(C(=O)c3c(F)cccc3Cl)c2c1. The van der Waals surface area contributed by atoms with Crippen LogP contribution in [0.1, 0.15) is 10.4 Å². The maximum atomic E-state index is 13.8. The van der Waals surface area contributed by atoms with Gasteiger partial charge in [-0.15, -0.1) is 0 Å². The highest BCUT2D eigenvalue weighted by Gasteiger charge is 2.21. The Morgan fingerprint density at radius 2 is 2.05 bits per heavy atom. The molecule has 5 nitrogen and oxygen atoms in total. The maximum Gasteiger partial charge on any atom is 0.333 e. The minimum Gasteiger partial charge on any atom is -0.399 e. The number of hydrogen-bond acceptors (Lipinski definition) is 3. The number of nitrogen functional groups attached to an aromatic ring is 1. The van der Waals surface area contributed by atoms with Gasteiger partial charge in [-0.1, -0.05) is 17.7 Å². The Kier molecular flexibility index (Phi) is 3.03. The molecule has 0 aliphatic carbocycles. The first-order valence-electron chi connectivity index (χ1n) is 5.98. The lowest BCUT2D eigenvalue weighted by atomic mass is 10.2. The van der Waals surface area contributed by atoms with Crippen molar-refractivity contribution in [1.82, 2.24) is 9.55 Å². The molecule has 3 rings (SSSR count). The zero-order valence-electron chi connectivity index (χ0n) is 10.6. The minimum atomic E-state index is -0.847. The molecule has 0 spiro atoms. The topological polar surface area (TPSA) is 80.9 Å². The van der Waals surface area contributed by atoms with Gasteiger partial charge in [0.25, 0.3) is 5.91 Å². The fourth-order valence-corrected chi connectivity index (χ4v) is 2.38. The van der Waals surface area contributed by atoms with E-state index in [1.54, 1.807) is 12.1 Å². The van der Waals surface area contributed by atoms with Crippen molar-refractivity contribution in [2.24, 2.45) is 0 Å². The number of aromatic amines is 1. The van der Waals surface area contributed by atoms with Crippen molar-refractivity contribution in [1.29, 1.82) is 0 Å². The van der Waals surface area contributed by atoms with E-state index in [1.807, 2.05) is 0 Å². The number of nitrogens with zero attached hydrogens (tertiary/aromatic N) is 1. The number of H-pyrrole nitrogens is 1. The molecule has 0 atom stereocenters. The largest absolute Gasteiger partial charge is 0.399 e. The van der Waals surface area contributed by atoms with Crippen molar-refractivity contribution in [3.63, 3.8) is 0 Å². The summed E-state index contributed by atoms with van der Waals surface area (Å²) in [6.45, 7) is 0. The van der Waals surface area contributed by atoms with Crippen molar-refractivity contribution in [2.45, 2.75) is 0 Å². The van der Waals surface area contributed by atoms with Gasteiger partial charge in [0.05, 0.1) is 21.6 Å². The standard InChI is InChI=1S/C14H9ClFN3O2/c15-8-2-1-3-9(16)12(8)13(20)19-11-6-7(17)4-5-10(11)18-14(19)21/h1-6H,17H2,(H,18,21). The molecule has 1 aromatic heterocycles. The summed E-state index contributed by atoms with van der Waals surface area (Å²) < 4.78 is 14.7. The number of anilines is 1. The zero-order chi connectivity index (χ0) is 15.1. The van der Waals surface area contributed by atoms with Crippen LogP contribution >= 0.6 is 11.6 Å². The number of carbonyl (C=O) groups is 1. The molecule has 0 radical (unpaired) electrons. The number of halogens is 2. The van der Waals surface area contributed by atoms with Gasteiger partial charge in [0, 0.05) is 5.69 Å². The highest BCUT2D eigenvalue weighted by Crippen LogP contribution is 2.22. The monoisotopic (exact) mass is 305 g/mol. The number of aromatic nitrogens is 2. The Balaban J connectivity index is 2.30. The quantitative estimate of drug-likeness (QED) is 0.677. The van der Waals surface area contributed by atoms with Crippen LogP contribution in [-0.2, 0) is 0 Å². The minimum absolute atomic E-state index is 0.0647. The van der Waals surface area contributed by atoms with Crippen LogP contribution in [0, 0.1) is 5.82 Å². The molecular weight excluding hydrogens is 297 g/mol. The van der Waals surface area contributed by atoms with E-state index in [4.69, 9.17) is 17.3 Å². The van der Waals surface area contributed by atoms with Crippen LogP contribution in [0.4, 0.5) is 10.1 Å². The summed E-state index contributed by atoms with van der Waals surface area (Å²) in [6, 6.07) is 8.48. The van der Waals surface area contributed by atoms with Gasteiger partial charge in [0.15, 0.2) is 0 Å². The predicted octanol–water partition coefficient (Wildman–Crippen LogP) is 2.39. The molecule has 106 valence electrons. The van der Waals surface area contributed by atoms with E-state index in [0.717, 1.165) is 10.6 Å². The molecule has 3 aromatic rings. The maximum absolute atomic E-state index is 13.8. The van der Waals surface area contributed by atoms with Crippen LogP contribution in [-0.4, -0.2) is 15.5 Å². The number of carbonyl (C=O) groups excluding carboxylic acids is 1. The smallest absolute Gasteiger partial charge is 0.333 e. The molecule has 21 heavy (non-hydrogen) atoms. The van der Waals surface area contributed by atoms with Crippen LogP contribution in [0.2, 0.25) is 5.02 Å². The molecule has 0 bridgehead atoms. The number of nitrogens with two attached hydrogens (primary N) is 1. The lowest BCUT2D eigenvalue weighted by Crippen LogP contribution is -2.25. The summed E-state index contributed by atoms with van der Waals surface area (Å²) >= 11 is 5.86. The van der Waals surface area contributed by atoms with Gasteiger partial charge in [-0.25, -0.2) is 13.8 Å². The normalized spacial score (nSPS) is 11.0. The summed E-state index contributed by atoms with van der Waals surface area (Å²) in [5.41, 5.74) is 5.69. The van der Waals surface area contributed by atoms with E-state index in [1.165, 1.54) is 18.2 Å². The second-order valence-electron chi connectivity index (χ2n) is 4.44. The molecular formula is C14H9ClFN3O2. The van der Waals surface area contributed by atoms with E-state index < -0.39 is 17.4 Å². The van der Waals surface area contributed by atoms with E-state index >= 15 is 0 Å². The molecule has 0 aliphatic rings. The molecule has 0 saturated heterocycles. The van der Waals surface area contributed by atoms with E-state index in [9.17, 15) is 14.0 Å². The Morgan fingerprint density at radius 3 is 2.76 bits per heavy atom. The highest BCUT2D eigenvalue weighted by molar-refractivity contribution is 6.34. The molecule has 0 amide bonds. The molecule has 7 heteroatoms. The van der Waals surface area contributed by atoms with Crippen LogP contribution in [0.5, 0.6) is 0 Å². The molecule has 0 unspecified atom stereocenters. The number of fused-ring (bicyclic) bond motifs is 1. The molecule has 0 aliphatic heterocycles. The summed E-state index contributed by atoms with van der Waals surface area (Å²) in [6.07, 6.45) is 0.